The first kappa shape index (κ1) is 24.3. The molecule has 2 aliphatic rings. The highest BCUT2D eigenvalue weighted by molar-refractivity contribution is 6.35. The molecule has 2 N–H and O–H groups in total. The van der Waals surface area contributed by atoms with Gasteiger partial charge in [-0.15, -0.1) is 0 Å². The van der Waals surface area contributed by atoms with Gasteiger partial charge in [-0.25, -0.2) is 0 Å². The summed E-state index contributed by atoms with van der Waals surface area (Å²) in [6, 6.07) is 14.0. The lowest BCUT2D eigenvalue weighted by atomic mass is 10.1. The van der Waals surface area contributed by atoms with Gasteiger partial charge in [0.25, 0.3) is 0 Å². The van der Waals surface area contributed by atoms with Crippen LogP contribution in [0.15, 0.2) is 53.1 Å². The molecule has 2 saturated heterocycles. The predicted molar refractivity (Wildman–Crippen MR) is 130 cm³/mol. The van der Waals surface area contributed by atoms with Gasteiger partial charge in [0.2, 0.25) is 0 Å². The summed E-state index contributed by atoms with van der Waals surface area (Å²) >= 11 is 0. The van der Waals surface area contributed by atoms with Crippen LogP contribution in [0.1, 0.15) is 18.2 Å². The van der Waals surface area contributed by atoms with Crippen molar-refractivity contribution in [2.75, 3.05) is 77.0 Å². The molecule has 2 aliphatic heterocycles. The van der Waals surface area contributed by atoms with E-state index in [2.05, 4.69) is 49.6 Å². The number of para-hydroxylation sites is 1. The van der Waals surface area contributed by atoms with Crippen molar-refractivity contribution in [3.8, 4) is 0 Å². The Morgan fingerprint density at radius 1 is 0.882 bits per heavy atom. The molecule has 0 bridgehead atoms. The molecule has 0 unspecified atom stereocenters. The van der Waals surface area contributed by atoms with E-state index < -0.39 is 11.8 Å². The molecule has 3 heterocycles. The van der Waals surface area contributed by atoms with E-state index in [9.17, 15) is 9.59 Å². The van der Waals surface area contributed by atoms with Crippen LogP contribution in [0.5, 0.6) is 0 Å². The Morgan fingerprint density at radius 2 is 1.62 bits per heavy atom. The number of rotatable bonds is 9. The first-order valence-electron chi connectivity index (χ1n) is 12.1. The zero-order valence-electron chi connectivity index (χ0n) is 19.7. The molecular formula is C25H35N5O4. The zero-order chi connectivity index (χ0) is 23.6. The lowest BCUT2D eigenvalue weighted by Gasteiger charge is -2.39. The van der Waals surface area contributed by atoms with Gasteiger partial charge in [-0.2, -0.15) is 0 Å². The van der Waals surface area contributed by atoms with Crippen LogP contribution in [0.2, 0.25) is 0 Å². The second-order valence-electron chi connectivity index (χ2n) is 8.66. The number of morpholine rings is 1. The summed E-state index contributed by atoms with van der Waals surface area (Å²) in [6.07, 6.45) is 2.45. The average Bonchev–Trinajstić information content (AvgIpc) is 3.43. The maximum absolute atomic E-state index is 12.4. The number of amides is 2. The Bertz CT molecular complexity index is 878. The van der Waals surface area contributed by atoms with Gasteiger partial charge in [-0.3, -0.25) is 19.4 Å². The Morgan fingerprint density at radius 3 is 2.32 bits per heavy atom. The molecular weight excluding hydrogens is 434 g/mol. The lowest BCUT2D eigenvalue weighted by Crippen LogP contribution is -2.50. The fourth-order valence-corrected chi connectivity index (χ4v) is 4.50. The normalized spacial score (nSPS) is 18.4. The second kappa shape index (κ2) is 12.5. The number of piperazine rings is 1. The van der Waals surface area contributed by atoms with Crippen molar-refractivity contribution in [1.82, 2.24) is 20.4 Å². The second-order valence-corrected chi connectivity index (χ2v) is 8.66. The van der Waals surface area contributed by atoms with Crippen molar-refractivity contribution in [3.63, 3.8) is 0 Å². The summed E-state index contributed by atoms with van der Waals surface area (Å²) in [5.74, 6) is -0.403. The van der Waals surface area contributed by atoms with Gasteiger partial charge in [0.05, 0.1) is 25.5 Å². The molecule has 1 aromatic carbocycles. The number of nitrogens with one attached hydrogen (secondary N) is 2. The van der Waals surface area contributed by atoms with E-state index in [4.69, 9.17) is 9.15 Å². The molecule has 2 fully saturated rings. The summed E-state index contributed by atoms with van der Waals surface area (Å²) in [6.45, 7) is 8.49. The van der Waals surface area contributed by atoms with E-state index in [-0.39, 0.29) is 6.04 Å². The third-order valence-corrected chi connectivity index (χ3v) is 6.45. The van der Waals surface area contributed by atoms with E-state index in [1.165, 1.54) is 5.69 Å². The molecule has 9 nitrogen and oxygen atoms in total. The predicted octanol–water partition coefficient (Wildman–Crippen LogP) is 1.10. The first-order chi connectivity index (χ1) is 16.7. The lowest BCUT2D eigenvalue weighted by molar-refractivity contribution is -0.139. The zero-order valence-corrected chi connectivity index (χ0v) is 19.7. The number of hydrogen-bond acceptors (Lipinski definition) is 7. The summed E-state index contributed by atoms with van der Waals surface area (Å²) in [5, 5.41) is 5.54. The van der Waals surface area contributed by atoms with Gasteiger partial charge in [0, 0.05) is 58.0 Å². The monoisotopic (exact) mass is 469 g/mol. The largest absolute Gasteiger partial charge is 0.468 e. The summed E-state index contributed by atoms with van der Waals surface area (Å²) in [7, 11) is 0. The summed E-state index contributed by atoms with van der Waals surface area (Å²) < 4.78 is 11.0. The highest BCUT2D eigenvalue weighted by Crippen LogP contribution is 2.24. The molecule has 0 saturated carbocycles. The van der Waals surface area contributed by atoms with Crippen LogP contribution in [-0.4, -0.2) is 93.7 Å². The van der Waals surface area contributed by atoms with Crippen LogP contribution in [0.3, 0.4) is 0 Å². The molecule has 0 spiro atoms. The quantitative estimate of drug-likeness (QED) is 0.420. The number of anilines is 1. The fraction of sp³-hybridized carbons (Fsp3) is 0.520. The highest BCUT2D eigenvalue weighted by Gasteiger charge is 2.28. The Balaban J connectivity index is 1.22. The van der Waals surface area contributed by atoms with E-state index in [1.807, 2.05) is 18.2 Å². The molecule has 184 valence electrons. The van der Waals surface area contributed by atoms with Gasteiger partial charge in [-0.05, 0) is 37.2 Å². The summed E-state index contributed by atoms with van der Waals surface area (Å²) in [4.78, 5) is 31.7. The van der Waals surface area contributed by atoms with Gasteiger partial charge >= 0.3 is 11.8 Å². The molecule has 0 aliphatic carbocycles. The topological polar surface area (TPSA) is 90.3 Å². The molecule has 34 heavy (non-hydrogen) atoms. The first-order valence-corrected chi connectivity index (χ1v) is 12.1. The highest BCUT2D eigenvalue weighted by atomic mass is 16.5. The van der Waals surface area contributed by atoms with Crippen LogP contribution in [0.4, 0.5) is 5.69 Å². The van der Waals surface area contributed by atoms with E-state index >= 15 is 0 Å². The number of nitrogens with zero attached hydrogens (tertiary/aromatic N) is 3. The van der Waals surface area contributed by atoms with E-state index in [0.717, 1.165) is 71.2 Å². The van der Waals surface area contributed by atoms with Crippen molar-refractivity contribution in [2.24, 2.45) is 0 Å². The summed E-state index contributed by atoms with van der Waals surface area (Å²) in [5.41, 5.74) is 1.22. The average molecular weight is 470 g/mol. The maximum atomic E-state index is 12.4. The molecule has 2 aromatic rings. The number of furan rings is 1. The number of carbonyl (C=O) groups is 2. The van der Waals surface area contributed by atoms with Crippen molar-refractivity contribution >= 4 is 17.5 Å². The van der Waals surface area contributed by atoms with Gasteiger partial charge in [0.15, 0.2) is 0 Å². The molecule has 4 rings (SSSR count). The van der Waals surface area contributed by atoms with Gasteiger partial charge in [0.1, 0.15) is 5.76 Å². The molecule has 1 atom stereocenters. The Hall–Kier alpha value is -2.88. The van der Waals surface area contributed by atoms with Crippen LogP contribution >= 0.6 is 0 Å². The van der Waals surface area contributed by atoms with Crippen molar-refractivity contribution < 1.29 is 18.7 Å². The molecule has 0 radical (unpaired) electrons. The third kappa shape index (κ3) is 6.82. The SMILES string of the molecule is O=C(NCCCN1CCOCC1)C(=O)NC[C@H](c1ccco1)N1CCN(c2ccccc2)CC1. The number of carbonyl (C=O) groups excluding carboxylic acids is 2. The minimum atomic E-state index is -0.606. The van der Waals surface area contributed by atoms with E-state index in [0.29, 0.717) is 13.1 Å². The Kier molecular flexibility index (Phi) is 8.95. The third-order valence-electron chi connectivity index (χ3n) is 6.45. The van der Waals surface area contributed by atoms with Crippen LogP contribution in [0, 0.1) is 0 Å². The van der Waals surface area contributed by atoms with E-state index in [1.54, 1.807) is 6.26 Å². The fourth-order valence-electron chi connectivity index (χ4n) is 4.50. The van der Waals surface area contributed by atoms with Crippen LogP contribution < -0.4 is 15.5 Å². The van der Waals surface area contributed by atoms with Gasteiger partial charge < -0.3 is 24.7 Å². The number of ether oxygens (including phenoxy) is 1. The van der Waals surface area contributed by atoms with Crippen molar-refractivity contribution in [2.45, 2.75) is 12.5 Å². The minimum Gasteiger partial charge on any atom is -0.468 e. The number of benzene rings is 1. The molecule has 1 aromatic heterocycles. The molecule has 9 heteroatoms. The minimum absolute atomic E-state index is 0.119. The van der Waals surface area contributed by atoms with Crippen LogP contribution in [-0.2, 0) is 14.3 Å². The maximum Gasteiger partial charge on any atom is 0.309 e. The Labute approximate surface area is 201 Å². The number of hydrogen-bond donors (Lipinski definition) is 2. The van der Waals surface area contributed by atoms with Crippen LogP contribution in [0.25, 0.3) is 0 Å². The van der Waals surface area contributed by atoms with Crippen molar-refractivity contribution in [1.29, 1.82) is 0 Å². The standard InChI is InChI=1S/C25H35N5O4/c31-24(26-9-5-10-28-15-18-33-19-16-28)25(32)27-20-22(23-8-4-17-34-23)30-13-11-29(12-14-30)21-6-2-1-3-7-21/h1-4,6-8,17,22H,5,9-16,18-20H2,(H,26,31)(H,27,32)/t22-/m1/s1. The molecule has 2 amide bonds. The smallest absolute Gasteiger partial charge is 0.309 e. The van der Waals surface area contributed by atoms with Gasteiger partial charge in [-0.1, -0.05) is 18.2 Å². The van der Waals surface area contributed by atoms with Crippen molar-refractivity contribution in [3.05, 3.63) is 54.5 Å².